The van der Waals surface area contributed by atoms with Crippen LogP contribution in [0.3, 0.4) is 0 Å². The van der Waals surface area contributed by atoms with Crippen LogP contribution in [0.4, 0.5) is 20.6 Å². The molecule has 0 spiro atoms. The lowest BCUT2D eigenvalue weighted by Crippen LogP contribution is -2.54. The van der Waals surface area contributed by atoms with Crippen molar-refractivity contribution in [2.45, 2.75) is 26.7 Å². The molecule has 4 rings (SSSR count). The van der Waals surface area contributed by atoms with E-state index in [4.69, 9.17) is 4.74 Å². The van der Waals surface area contributed by atoms with Crippen LogP contribution in [0.5, 0.6) is 5.75 Å². The number of anilines is 2. The summed E-state index contributed by atoms with van der Waals surface area (Å²) in [6.45, 7) is 5.64. The van der Waals surface area contributed by atoms with E-state index in [9.17, 15) is 18.8 Å². The standard InChI is InChI=1S/C24H24FN3O4/c1-3-32-18-8-6-7-17(14-18)28-23(30)19(22(29)26-24(28)31)12-16-13-20(25)21(11-15(16)2)27-9-4-5-10-27/h6-8,11-14H,3-5,9-10H2,1-2H3,(H,26,29,31)/b19-12+. The first-order valence-electron chi connectivity index (χ1n) is 10.6. The Morgan fingerprint density at radius 3 is 2.59 bits per heavy atom. The van der Waals surface area contributed by atoms with Gasteiger partial charge in [0.15, 0.2) is 0 Å². The molecular formula is C24H24FN3O4. The summed E-state index contributed by atoms with van der Waals surface area (Å²) in [5.41, 5.74) is 1.67. The van der Waals surface area contributed by atoms with Gasteiger partial charge < -0.3 is 9.64 Å². The third kappa shape index (κ3) is 4.08. The SMILES string of the molecule is CCOc1cccc(N2C(=O)NC(=O)/C(=C\c3cc(F)c(N4CCCC4)cc3C)C2=O)c1. The van der Waals surface area contributed by atoms with Gasteiger partial charge in [0.05, 0.1) is 18.0 Å². The molecular weight excluding hydrogens is 413 g/mol. The molecule has 0 saturated carbocycles. The molecule has 2 aliphatic heterocycles. The monoisotopic (exact) mass is 437 g/mol. The Morgan fingerprint density at radius 2 is 1.88 bits per heavy atom. The fraction of sp³-hybridized carbons (Fsp3) is 0.292. The second-order valence-electron chi connectivity index (χ2n) is 7.74. The maximum atomic E-state index is 14.8. The molecule has 4 amide bonds. The van der Waals surface area contributed by atoms with Gasteiger partial charge in [-0.2, -0.15) is 0 Å². The summed E-state index contributed by atoms with van der Waals surface area (Å²) in [5.74, 6) is -1.52. The van der Waals surface area contributed by atoms with Gasteiger partial charge in [-0.3, -0.25) is 14.9 Å². The number of amides is 4. The van der Waals surface area contributed by atoms with Crippen LogP contribution in [0.2, 0.25) is 0 Å². The highest BCUT2D eigenvalue weighted by atomic mass is 19.1. The predicted octanol–water partition coefficient (Wildman–Crippen LogP) is 3.80. The number of ether oxygens (including phenoxy) is 1. The zero-order chi connectivity index (χ0) is 22.8. The number of halogens is 1. The van der Waals surface area contributed by atoms with Crippen LogP contribution in [0.15, 0.2) is 42.0 Å². The van der Waals surface area contributed by atoms with E-state index in [0.717, 1.165) is 36.4 Å². The van der Waals surface area contributed by atoms with Crippen LogP contribution in [-0.4, -0.2) is 37.5 Å². The van der Waals surface area contributed by atoms with Crippen LogP contribution < -0.4 is 19.9 Å². The fourth-order valence-corrected chi connectivity index (χ4v) is 3.96. The van der Waals surface area contributed by atoms with Crippen molar-refractivity contribution >= 4 is 35.3 Å². The molecule has 0 bridgehead atoms. The van der Waals surface area contributed by atoms with E-state index in [2.05, 4.69) is 5.32 Å². The molecule has 2 heterocycles. The smallest absolute Gasteiger partial charge is 0.335 e. The summed E-state index contributed by atoms with van der Waals surface area (Å²) in [6, 6.07) is 8.68. The number of carbonyl (C=O) groups excluding carboxylic acids is 3. The molecule has 0 unspecified atom stereocenters. The summed E-state index contributed by atoms with van der Waals surface area (Å²) in [4.78, 5) is 40.9. The fourth-order valence-electron chi connectivity index (χ4n) is 3.96. The molecule has 2 aromatic carbocycles. The number of carbonyl (C=O) groups is 3. The Balaban J connectivity index is 1.69. The highest BCUT2D eigenvalue weighted by Crippen LogP contribution is 2.29. The van der Waals surface area contributed by atoms with E-state index in [0.29, 0.717) is 23.6 Å². The van der Waals surface area contributed by atoms with Gasteiger partial charge in [-0.05, 0) is 68.2 Å². The summed E-state index contributed by atoms with van der Waals surface area (Å²) < 4.78 is 20.3. The Morgan fingerprint density at radius 1 is 1.12 bits per heavy atom. The zero-order valence-electron chi connectivity index (χ0n) is 18.0. The molecule has 166 valence electrons. The Bertz CT molecular complexity index is 1120. The molecule has 32 heavy (non-hydrogen) atoms. The molecule has 2 aliphatic rings. The number of barbiturate groups is 1. The minimum absolute atomic E-state index is 0.247. The maximum absolute atomic E-state index is 14.8. The zero-order valence-corrected chi connectivity index (χ0v) is 18.0. The Kier molecular flexibility index (Phi) is 5.94. The van der Waals surface area contributed by atoms with Crippen molar-refractivity contribution in [2.75, 3.05) is 29.5 Å². The summed E-state index contributed by atoms with van der Waals surface area (Å²) in [5, 5.41) is 2.19. The summed E-state index contributed by atoms with van der Waals surface area (Å²) >= 11 is 0. The van der Waals surface area contributed by atoms with E-state index >= 15 is 0 Å². The summed E-state index contributed by atoms with van der Waals surface area (Å²) in [6.07, 6.45) is 3.37. The molecule has 0 aromatic heterocycles. The van der Waals surface area contributed by atoms with Crippen molar-refractivity contribution < 1.29 is 23.5 Å². The quantitative estimate of drug-likeness (QED) is 0.569. The number of aryl methyl sites for hydroxylation is 1. The van der Waals surface area contributed by atoms with Crippen molar-refractivity contribution in [1.29, 1.82) is 0 Å². The molecule has 2 saturated heterocycles. The highest BCUT2D eigenvalue weighted by Gasteiger charge is 2.37. The minimum Gasteiger partial charge on any atom is -0.494 e. The van der Waals surface area contributed by atoms with Crippen molar-refractivity contribution in [3.8, 4) is 5.75 Å². The normalized spacial score (nSPS) is 17.8. The number of urea groups is 1. The molecule has 7 nitrogen and oxygen atoms in total. The van der Waals surface area contributed by atoms with Crippen LogP contribution in [0.25, 0.3) is 6.08 Å². The van der Waals surface area contributed by atoms with E-state index in [1.54, 1.807) is 37.3 Å². The number of nitrogens with zero attached hydrogens (tertiary/aromatic N) is 2. The second-order valence-corrected chi connectivity index (χ2v) is 7.74. The van der Waals surface area contributed by atoms with Crippen molar-refractivity contribution in [3.63, 3.8) is 0 Å². The molecule has 1 N–H and O–H groups in total. The Labute approximate surface area is 185 Å². The molecule has 2 fully saturated rings. The minimum atomic E-state index is -0.849. The second kappa shape index (κ2) is 8.82. The van der Waals surface area contributed by atoms with Crippen LogP contribution in [0.1, 0.15) is 30.9 Å². The molecule has 0 atom stereocenters. The average Bonchev–Trinajstić information content (AvgIpc) is 3.28. The third-order valence-corrected chi connectivity index (χ3v) is 5.57. The van der Waals surface area contributed by atoms with Gasteiger partial charge in [-0.15, -0.1) is 0 Å². The number of rotatable bonds is 5. The van der Waals surface area contributed by atoms with E-state index < -0.39 is 23.7 Å². The topological polar surface area (TPSA) is 79.0 Å². The number of hydrogen-bond acceptors (Lipinski definition) is 5. The van der Waals surface area contributed by atoms with Gasteiger partial charge in [0, 0.05) is 19.2 Å². The van der Waals surface area contributed by atoms with Crippen LogP contribution in [0, 0.1) is 12.7 Å². The molecule has 0 radical (unpaired) electrons. The summed E-state index contributed by atoms with van der Waals surface area (Å²) in [7, 11) is 0. The molecule has 8 heteroatoms. The Hall–Kier alpha value is -3.68. The van der Waals surface area contributed by atoms with Gasteiger partial charge in [0.2, 0.25) is 0 Å². The van der Waals surface area contributed by atoms with E-state index in [1.165, 1.54) is 12.1 Å². The lowest BCUT2D eigenvalue weighted by molar-refractivity contribution is -0.122. The van der Waals surface area contributed by atoms with E-state index in [-0.39, 0.29) is 11.3 Å². The van der Waals surface area contributed by atoms with Gasteiger partial charge in [0.1, 0.15) is 17.1 Å². The van der Waals surface area contributed by atoms with Gasteiger partial charge in [-0.1, -0.05) is 6.07 Å². The van der Waals surface area contributed by atoms with Crippen LogP contribution in [-0.2, 0) is 9.59 Å². The first kappa shape index (κ1) is 21.5. The number of imide groups is 2. The van der Waals surface area contributed by atoms with Crippen molar-refractivity contribution in [2.24, 2.45) is 0 Å². The van der Waals surface area contributed by atoms with Crippen molar-refractivity contribution in [1.82, 2.24) is 5.32 Å². The van der Waals surface area contributed by atoms with E-state index in [1.807, 2.05) is 11.8 Å². The lowest BCUT2D eigenvalue weighted by atomic mass is 10.0. The van der Waals surface area contributed by atoms with Gasteiger partial charge >= 0.3 is 6.03 Å². The number of nitrogens with one attached hydrogen (secondary N) is 1. The maximum Gasteiger partial charge on any atom is 0.335 e. The predicted molar refractivity (Wildman–Crippen MR) is 119 cm³/mol. The number of hydrogen-bond donors (Lipinski definition) is 1. The molecule has 0 aliphatic carbocycles. The first-order valence-corrected chi connectivity index (χ1v) is 10.6. The van der Waals surface area contributed by atoms with Gasteiger partial charge in [-0.25, -0.2) is 14.1 Å². The first-order chi connectivity index (χ1) is 15.4. The number of benzene rings is 2. The average molecular weight is 437 g/mol. The largest absolute Gasteiger partial charge is 0.494 e. The van der Waals surface area contributed by atoms with Gasteiger partial charge in [0.25, 0.3) is 11.8 Å². The third-order valence-electron chi connectivity index (χ3n) is 5.57. The van der Waals surface area contributed by atoms with Crippen LogP contribution >= 0.6 is 0 Å². The van der Waals surface area contributed by atoms with Crippen molar-refractivity contribution in [3.05, 3.63) is 58.9 Å². The lowest BCUT2D eigenvalue weighted by Gasteiger charge is -2.27. The highest BCUT2D eigenvalue weighted by molar-refractivity contribution is 6.39. The molecule has 2 aromatic rings.